The molecule has 0 fully saturated rings. The zero-order valence-electron chi connectivity index (χ0n) is 37.3. The van der Waals surface area contributed by atoms with Gasteiger partial charge in [0, 0.05) is 11.9 Å². The van der Waals surface area contributed by atoms with Crippen molar-refractivity contribution in [2.45, 2.75) is 231 Å². The summed E-state index contributed by atoms with van der Waals surface area (Å²) >= 11 is 0. The van der Waals surface area contributed by atoms with Gasteiger partial charge in [-0.25, -0.2) is 0 Å². The molecule has 0 amide bonds. The van der Waals surface area contributed by atoms with Crippen LogP contribution in [0.15, 0.2) is 60.7 Å². The number of rotatable bonds is 38. The molecule has 2 aromatic carbocycles. The van der Waals surface area contributed by atoms with Crippen molar-refractivity contribution >= 4 is 60.8 Å². The van der Waals surface area contributed by atoms with E-state index < -0.39 is 24.1 Å². The van der Waals surface area contributed by atoms with Crippen molar-refractivity contribution in [3.8, 4) is 0 Å². The Morgan fingerprint density at radius 2 is 0.763 bits per heavy atom. The summed E-state index contributed by atoms with van der Waals surface area (Å²) < 4.78 is 12.4. The predicted octanol–water partition coefficient (Wildman–Crippen LogP) is 9.95. The quantitative estimate of drug-likeness (QED) is 0.0501. The third-order valence-electron chi connectivity index (χ3n) is 10.9. The molecule has 0 aromatic heterocycles. The first kappa shape index (κ1) is 57.8. The van der Waals surface area contributed by atoms with Gasteiger partial charge in [-0.2, -0.15) is 0 Å². The van der Waals surface area contributed by atoms with Gasteiger partial charge in [0.15, 0.2) is 0 Å². The van der Waals surface area contributed by atoms with Crippen molar-refractivity contribution in [1.82, 2.24) is 0 Å². The number of carbonyl (C=O) groups is 2. The molecule has 332 valence electrons. The number of hydrogen-bond donors (Lipinski definition) is 2. The number of carbonyl (C=O) groups excluding carboxylic acids is 2. The smallest absolute Gasteiger partial charge is 0.550 e. The summed E-state index contributed by atoms with van der Waals surface area (Å²) in [4.78, 5) is 21.0. The zero-order chi connectivity index (χ0) is 42.3. The standard InChI is InChI=1S/2C25H42O4.Ba/c2*1-2-3-4-5-6-7-8-12-17-24(29-21-22-14-10-9-11-15-22)18-13-16-23(26)19-20-25(27)28;/h2*9-11,14-15,23-24,26H,2-8,12-13,16-21H2,1H3,(H,27,28);/q;;+2/p-2. The topological polar surface area (TPSA) is 139 Å². The molecule has 9 heteroatoms. The molecular weight excluding hydrogens is 866 g/mol. The van der Waals surface area contributed by atoms with Gasteiger partial charge in [-0.1, -0.05) is 177 Å². The van der Waals surface area contributed by atoms with Gasteiger partial charge in [0.1, 0.15) is 0 Å². The van der Waals surface area contributed by atoms with Gasteiger partial charge in [0.25, 0.3) is 0 Å². The Hall–Kier alpha value is -1.21. The molecule has 0 radical (unpaired) electrons. The Morgan fingerprint density at radius 3 is 1.08 bits per heavy atom. The average molecular weight is 949 g/mol. The van der Waals surface area contributed by atoms with Gasteiger partial charge >= 0.3 is 48.9 Å². The number of benzene rings is 2. The normalized spacial score (nSPS) is 13.1. The second-order valence-electron chi connectivity index (χ2n) is 16.4. The molecule has 0 bridgehead atoms. The largest absolute Gasteiger partial charge is 2.00 e. The number of aliphatic hydroxyl groups excluding tert-OH is 2. The third-order valence-corrected chi connectivity index (χ3v) is 10.9. The van der Waals surface area contributed by atoms with Crippen molar-refractivity contribution in [3.05, 3.63) is 71.8 Å². The van der Waals surface area contributed by atoms with Crippen LogP contribution in [0.3, 0.4) is 0 Å². The molecule has 59 heavy (non-hydrogen) atoms. The molecule has 2 aromatic rings. The minimum Gasteiger partial charge on any atom is -0.550 e. The van der Waals surface area contributed by atoms with Crippen molar-refractivity contribution < 1.29 is 39.5 Å². The molecule has 0 saturated carbocycles. The molecule has 0 aliphatic rings. The van der Waals surface area contributed by atoms with Crippen LogP contribution in [0.2, 0.25) is 0 Å². The summed E-state index contributed by atoms with van der Waals surface area (Å²) in [6, 6.07) is 20.5. The van der Waals surface area contributed by atoms with Crippen LogP contribution in [0.1, 0.15) is 205 Å². The fourth-order valence-corrected chi connectivity index (χ4v) is 7.23. The number of ether oxygens (including phenoxy) is 2. The summed E-state index contributed by atoms with van der Waals surface area (Å²) in [6.45, 7) is 5.74. The Bertz CT molecular complexity index is 1110. The zero-order valence-corrected chi connectivity index (χ0v) is 41.8. The first-order valence-corrected chi connectivity index (χ1v) is 23.3. The molecule has 8 nitrogen and oxygen atoms in total. The van der Waals surface area contributed by atoms with E-state index in [1.165, 1.54) is 114 Å². The van der Waals surface area contributed by atoms with Crippen LogP contribution in [0.25, 0.3) is 0 Å². The van der Waals surface area contributed by atoms with Gasteiger partial charge < -0.3 is 39.5 Å². The maximum absolute atomic E-state index is 10.5. The molecule has 0 heterocycles. The number of carboxylic acids is 2. The number of unbranched alkanes of at least 4 members (excludes halogenated alkanes) is 14. The van der Waals surface area contributed by atoms with E-state index in [-0.39, 0.29) is 86.8 Å². The number of aliphatic carboxylic acids is 2. The Morgan fingerprint density at radius 1 is 0.458 bits per heavy atom. The van der Waals surface area contributed by atoms with Crippen LogP contribution < -0.4 is 10.2 Å². The van der Waals surface area contributed by atoms with E-state index in [9.17, 15) is 30.0 Å². The van der Waals surface area contributed by atoms with Crippen LogP contribution in [0.4, 0.5) is 0 Å². The molecule has 2 N–H and O–H groups in total. The van der Waals surface area contributed by atoms with E-state index in [1.54, 1.807) is 0 Å². The average Bonchev–Trinajstić information content (AvgIpc) is 3.22. The molecule has 0 saturated heterocycles. The second-order valence-corrected chi connectivity index (χ2v) is 16.4. The van der Waals surface area contributed by atoms with E-state index in [2.05, 4.69) is 38.1 Å². The van der Waals surface area contributed by atoms with E-state index in [0.29, 0.717) is 26.1 Å². The van der Waals surface area contributed by atoms with Crippen LogP contribution in [0.5, 0.6) is 0 Å². The van der Waals surface area contributed by atoms with E-state index in [4.69, 9.17) is 9.47 Å². The van der Waals surface area contributed by atoms with E-state index in [1.807, 2.05) is 36.4 Å². The molecule has 0 spiro atoms. The summed E-state index contributed by atoms with van der Waals surface area (Å²) in [6.07, 6.45) is 27.4. The van der Waals surface area contributed by atoms with Gasteiger partial charge in [0.2, 0.25) is 0 Å². The van der Waals surface area contributed by atoms with Crippen molar-refractivity contribution in [2.24, 2.45) is 0 Å². The molecule has 4 atom stereocenters. The van der Waals surface area contributed by atoms with Gasteiger partial charge in [-0.15, -0.1) is 0 Å². The molecular formula is C50H82BaO8. The summed E-state index contributed by atoms with van der Waals surface area (Å²) in [7, 11) is 0. The molecule has 0 aliphatic heterocycles. The van der Waals surface area contributed by atoms with Crippen molar-refractivity contribution in [2.75, 3.05) is 0 Å². The maximum atomic E-state index is 10.5. The molecule has 4 unspecified atom stereocenters. The number of carboxylic acid groups (broad SMARTS) is 2. The van der Waals surface area contributed by atoms with E-state index in [0.717, 1.165) is 38.5 Å². The SMILES string of the molecule is CCCCCCCCCCC(CCCC(O)CCC(=O)[O-])OCc1ccccc1.CCCCCCCCCCC(CCCC(O)CCC(=O)[O-])OCc1ccccc1.[Ba+2]. The second kappa shape index (κ2) is 42.1. The minimum atomic E-state index is -1.09. The van der Waals surface area contributed by atoms with Gasteiger partial charge in [-0.05, 0) is 88.2 Å². The molecule has 2 rings (SSSR count). The third kappa shape index (κ3) is 38.2. The minimum absolute atomic E-state index is 0. The van der Waals surface area contributed by atoms with Crippen LogP contribution in [0, 0.1) is 0 Å². The van der Waals surface area contributed by atoms with Crippen molar-refractivity contribution in [3.63, 3.8) is 0 Å². The number of aliphatic hydroxyl groups is 2. The Kier molecular flexibility index (Phi) is 41.2. The van der Waals surface area contributed by atoms with Gasteiger partial charge in [-0.3, -0.25) is 0 Å². The first-order valence-electron chi connectivity index (χ1n) is 23.3. The predicted molar refractivity (Wildman–Crippen MR) is 238 cm³/mol. The summed E-state index contributed by atoms with van der Waals surface area (Å²) in [5, 5.41) is 40.9. The first-order chi connectivity index (χ1) is 28.2. The van der Waals surface area contributed by atoms with Gasteiger partial charge in [0.05, 0.1) is 37.6 Å². The maximum Gasteiger partial charge on any atom is 2.00 e. The molecule has 0 aliphatic carbocycles. The number of hydrogen-bond acceptors (Lipinski definition) is 8. The fraction of sp³-hybridized carbons (Fsp3) is 0.720. The van der Waals surface area contributed by atoms with Crippen molar-refractivity contribution in [1.29, 1.82) is 0 Å². The van der Waals surface area contributed by atoms with Crippen LogP contribution >= 0.6 is 0 Å². The van der Waals surface area contributed by atoms with Crippen LogP contribution in [-0.2, 0) is 32.3 Å². The monoisotopic (exact) mass is 949 g/mol. The van der Waals surface area contributed by atoms with E-state index >= 15 is 0 Å². The Balaban J connectivity index is 0.00000112. The summed E-state index contributed by atoms with van der Waals surface area (Å²) in [5.41, 5.74) is 2.37. The van der Waals surface area contributed by atoms with Crippen LogP contribution in [-0.4, -0.2) is 95.4 Å². The Labute approximate surface area is 400 Å². The fourth-order valence-electron chi connectivity index (χ4n) is 7.23. The summed E-state index contributed by atoms with van der Waals surface area (Å²) in [5.74, 6) is -2.19.